The number of nitrogens with one attached hydrogen (secondary N) is 1. The Morgan fingerprint density at radius 2 is 0.929 bits per heavy atom. The van der Waals surface area contributed by atoms with Crippen molar-refractivity contribution in [1.82, 2.24) is 5.32 Å². The van der Waals surface area contributed by atoms with Crippen molar-refractivity contribution in [2.24, 2.45) is 0 Å². The molecule has 0 saturated carbocycles. The van der Waals surface area contributed by atoms with E-state index in [1.54, 1.807) is 6.08 Å². The van der Waals surface area contributed by atoms with Crippen LogP contribution in [-0.4, -0.2) is 47.4 Å². The first-order chi connectivity index (χ1) is 27.5. The molecule has 0 rings (SSSR count). The van der Waals surface area contributed by atoms with Crippen LogP contribution in [0.4, 0.5) is 0 Å². The monoisotopic (exact) mass is 786 g/mol. The van der Waals surface area contributed by atoms with E-state index in [0.29, 0.717) is 19.4 Å². The molecular weight excluding hydrogens is 695 g/mol. The molecule has 6 heteroatoms. The highest BCUT2D eigenvalue weighted by Crippen LogP contribution is 2.13. The largest absolute Gasteiger partial charge is 0.466 e. The zero-order valence-corrected chi connectivity index (χ0v) is 36.8. The number of hydrogen-bond donors (Lipinski definition) is 3. The smallest absolute Gasteiger partial charge is 0.305 e. The van der Waals surface area contributed by atoms with E-state index < -0.39 is 12.1 Å². The van der Waals surface area contributed by atoms with Gasteiger partial charge < -0.3 is 20.3 Å². The second-order valence-electron chi connectivity index (χ2n) is 16.1. The lowest BCUT2D eigenvalue weighted by atomic mass is 10.1. The Morgan fingerprint density at radius 1 is 0.500 bits per heavy atom. The van der Waals surface area contributed by atoms with E-state index in [1.807, 2.05) is 6.08 Å². The zero-order valence-electron chi connectivity index (χ0n) is 36.8. The summed E-state index contributed by atoms with van der Waals surface area (Å²) in [7, 11) is 0. The number of aliphatic hydroxyl groups is 2. The molecule has 0 aliphatic carbocycles. The van der Waals surface area contributed by atoms with Crippen molar-refractivity contribution in [1.29, 1.82) is 0 Å². The lowest BCUT2D eigenvalue weighted by molar-refractivity contribution is -0.143. The standard InChI is InChI=1S/C50H91NO5/c1-3-5-7-9-11-13-14-20-24-28-32-36-40-44-50(55)56-45-41-37-33-29-25-22-19-17-15-16-18-21-23-27-31-35-39-43-49(54)51-47(46-52)48(53)42-38-34-30-26-12-10-8-6-4-2/h7,9,13-15,17,38,42,47-48,52-53H,3-6,8,10-12,16,18-37,39-41,43-46H2,1-2H3,(H,51,54)/b9-7-,14-13-,17-15-,42-38+. The molecule has 0 aliphatic rings. The number of esters is 1. The quantitative estimate of drug-likeness (QED) is 0.0325. The van der Waals surface area contributed by atoms with Crippen molar-refractivity contribution in [3.63, 3.8) is 0 Å². The molecule has 0 aromatic rings. The average Bonchev–Trinajstić information content (AvgIpc) is 3.20. The first-order valence-corrected chi connectivity index (χ1v) is 23.9. The van der Waals surface area contributed by atoms with Crippen LogP contribution in [0.5, 0.6) is 0 Å². The fourth-order valence-electron chi connectivity index (χ4n) is 6.84. The topological polar surface area (TPSA) is 95.9 Å². The summed E-state index contributed by atoms with van der Waals surface area (Å²) in [5.74, 6) is -0.105. The summed E-state index contributed by atoms with van der Waals surface area (Å²) in [6.07, 6.45) is 55.4. The van der Waals surface area contributed by atoms with Crippen LogP contribution >= 0.6 is 0 Å². The van der Waals surface area contributed by atoms with Crippen molar-refractivity contribution in [3.05, 3.63) is 48.6 Å². The Kier molecular flexibility index (Phi) is 43.7. The van der Waals surface area contributed by atoms with Gasteiger partial charge in [0.05, 0.1) is 25.4 Å². The first kappa shape index (κ1) is 53.8. The number of amides is 1. The van der Waals surface area contributed by atoms with Crippen LogP contribution in [-0.2, 0) is 14.3 Å². The SMILES string of the molecule is CCC/C=C\C/C=C\CCCCCCCC(=O)OCCCCCCCC/C=C\CCCCCCCCCC(=O)NC(CO)C(O)/C=C/CCCCCCCCC. The Bertz CT molecular complexity index is 957. The summed E-state index contributed by atoms with van der Waals surface area (Å²) >= 11 is 0. The minimum Gasteiger partial charge on any atom is -0.466 e. The molecule has 0 heterocycles. The van der Waals surface area contributed by atoms with Crippen LogP contribution in [0.1, 0.15) is 232 Å². The summed E-state index contributed by atoms with van der Waals surface area (Å²) in [6.45, 7) is 4.76. The molecular formula is C50H91NO5. The Balaban J connectivity index is 3.48. The molecule has 0 spiro atoms. The fourth-order valence-corrected chi connectivity index (χ4v) is 6.84. The van der Waals surface area contributed by atoms with Crippen molar-refractivity contribution < 1.29 is 24.5 Å². The summed E-state index contributed by atoms with van der Waals surface area (Å²) in [6, 6.07) is -0.635. The maximum atomic E-state index is 12.3. The molecule has 3 N–H and O–H groups in total. The molecule has 0 aromatic heterocycles. The third-order valence-electron chi connectivity index (χ3n) is 10.5. The molecule has 0 fully saturated rings. The number of unbranched alkanes of at least 4 members (excludes halogenated alkanes) is 26. The molecule has 6 nitrogen and oxygen atoms in total. The van der Waals surface area contributed by atoms with Crippen LogP contribution in [0, 0.1) is 0 Å². The molecule has 0 saturated heterocycles. The van der Waals surface area contributed by atoms with Gasteiger partial charge in [-0.15, -0.1) is 0 Å². The van der Waals surface area contributed by atoms with Gasteiger partial charge in [-0.2, -0.15) is 0 Å². The number of carbonyl (C=O) groups excluding carboxylic acids is 2. The number of ether oxygens (including phenoxy) is 1. The highest BCUT2D eigenvalue weighted by Gasteiger charge is 2.18. The molecule has 0 radical (unpaired) electrons. The predicted octanol–water partition coefficient (Wildman–Crippen LogP) is 13.9. The number of carbonyl (C=O) groups is 2. The minimum atomic E-state index is -0.850. The number of aliphatic hydroxyl groups excluding tert-OH is 2. The van der Waals surface area contributed by atoms with Gasteiger partial charge in [0.2, 0.25) is 5.91 Å². The van der Waals surface area contributed by atoms with E-state index in [0.717, 1.165) is 70.6 Å². The second-order valence-corrected chi connectivity index (χ2v) is 16.1. The molecule has 2 atom stereocenters. The normalized spacial score (nSPS) is 13.1. The van der Waals surface area contributed by atoms with E-state index in [9.17, 15) is 19.8 Å². The third kappa shape index (κ3) is 41.5. The van der Waals surface area contributed by atoms with Crippen LogP contribution in [0.3, 0.4) is 0 Å². The Labute approximate surface area is 346 Å². The molecule has 0 aliphatic heterocycles. The lowest BCUT2D eigenvalue weighted by Gasteiger charge is -2.20. The van der Waals surface area contributed by atoms with E-state index in [2.05, 4.69) is 55.6 Å². The van der Waals surface area contributed by atoms with Gasteiger partial charge in [0, 0.05) is 12.8 Å². The van der Waals surface area contributed by atoms with Crippen molar-refractivity contribution in [2.45, 2.75) is 244 Å². The number of allylic oxidation sites excluding steroid dienone is 7. The van der Waals surface area contributed by atoms with Gasteiger partial charge in [-0.1, -0.05) is 184 Å². The minimum absolute atomic E-state index is 0.0196. The van der Waals surface area contributed by atoms with Gasteiger partial charge in [-0.25, -0.2) is 0 Å². The molecule has 56 heavy (non-hydrogen) atoms. The van der Waals surface area contributed by atoms with Crippen LogP contribution < -0.4 is 5.32 Å². The van der Waals surface area contributed by atoms with Gasteiger partial charge in [0.1, 0.15) is 0 Å². The Morgan fingerprint density at radius 3 is 1.45 bits per heavy atom. The number of hydrogen-bond acceptors (Lipinski definition) is 5. The van der Waals surface area contributed by atoms with Crippen LogP contribution in [0.25, 0.3) is 0 Å². The highest BCUT2D eigenvalue weighted by atomic mass is 16.5. The molecule has 0 aromatic carbocycles. The molecule has 1 amide bonds. The van der Waals surface area contributed by atoms with Gasteiger partial charge in [0.25, 0.3) is 0 Å². The maximum Gasteiger partial charge on any atom is 0.305 e. The van der Waals surface area contributed by atoms with Crippen LogP contribution in [0.15, 0.2) is 48.6 Å². The average molecular weight is 786 g/mol. The fraction of sp³-hybridized carbons (Fsp3) is 0.800. The Hall–Kier alpha value is -2.18. The third-order valence-corrected chi connectivity index (χ3v) is 10.5. The molecule has 2 unspecified atom stereocenters. The van der Waals surface area contributed by atoms with Crippen molar-refractivity contribution in [3.8, 4) is 0 Å². The van der Waals surface area contributed by atoms with E-state index >= 15 is 0 Å². The van der Waals surface area contributed by atoms with Gasteiger partial charge in [-0.3, -0.25) is 9.59 Å². The van der Waals surface area contributed by atoms with Gasteiger partial charge in [-0.05, 0) is 83.5 Å². The van der Waals surface area contributed by atoms with Crippen LogP contribution in [0.2, 0.25) is 0 Å². The van der Waals surface area contributed by atoms with Gasteiger partial charge in [0.15, 0.2) is 0 Å². The van der Waals surface area contributed by atoms with Crippen molar-refractivity contribution >= 4 is 11.9 Å². The van der Waals surface area contributed by atoms with E-state index in [4.69, 9.17) is 4.74 Å². The molecule has 326 valence electrons. The number of rotatable bonds is 43. The lowest BCUT2D eigenvalue weighted by Crippen LogP contribution is -2.45. The summed E-state index contributed by atoms with van der Waals surface area (Å²) in [4.78, 5) is 24.3. The summed E-state index contributed by atoms with van der Waals surface area (Å²) < 4.78 is 5.44. The first-order valence-electron chi connectivity index (χ1n) is 23.9. The second kappa shape index (κ2) is 45.5. The zero-order chi connectivity index (χ0) is 40.8. The maximum absolute atomic E-state index is 12.3. The van der Waals surface area contributed by atoms with Crippen molar-refractivity contribution in [2.75, 3.05) is 13.2 Å². The molecule has 0 bridgehead atoms. The summed E-state index contributed by atoms with van der Waals surface area (Å²) in [5, 5.41) is 22.9. The van der Waals surface area contributed by atoms with Gasteiger partial charge >= 0.3 is 5.97 Å². The van der Waals surface area contributed by atoms with E-state index in [1.165, 1.54) is 135 Å². The highest BCUT2D eigenvalue weighted by molar-refractivity contribution is 5.76. The van der Waals surface area contributed by atoms with E-state index in [-0.39, 0.29) is 18.5 Å². The predicted molar refractivity (Wildman–Crippen MR) is 241 cm³/mol. The summed E-state index contributed by atoms with van der Waals surface area (Å²) in [5.41, 5.74) is 0.